The van der Waals surface area contributed by atoms with Crippen molar-refractivity contribution in [2.45, 2.75) is 45.6 Å². The smallest absolute Gasteiger partial charge is 0.307 e. The van der Waals surface area contributed by atoms with Crippen LogP contribution in [-0.2, 0) is 9.59 Å². The summed E-state index contributed by atoms with van der Waals surface area (Å²) in [4.78, 5) is 35.7. The summed E-state index contributed by atoms with van der Waals surface area (Å²) in [7, 11) is 0. The van der Waals surface area contributed by atoms with E-state index in [0.717, 1.165) is 25.7 Å². The van der Waals surface area contributed by atoms with E-state index in [2.05, 4.69) is 10.6 Å². The number of carbonyl (C=O) groups excluding carboxylic acids is 2. The molecule has 2 aliphatic carbocycles. The summed E-state index contributed by atoms with van der Waals surface area (Å²) >= 11 is 0. The zero-order valence-corrected chi connectivity index (χ0v) is 14.5. The number of hydrogen-bond acceptors (Lipinski definition) is 3. The molecule has 2 fully saturated rings. The van der Waals surface area contributed by atoms with Crippen LogP contribution in [0.5, 0.6) is 0 Å². The summed E-state index contributed by atoms with van der Waals surface area (Å²) in [5.41, 5.74) is 0.589. The van der Waals surface area contributed by atoms with Crippen molar-refractivity contribution in [2.24, 2.45) is 17.3 Å². The van der Waals surface area contributed by atoms with Gasteiger partial charge in [0.1, 0.15) is 0 Å². The summed E-state index contributed by atoms with van der Waals surface area (Å²) in [6.45, 7) is 3.57. The summed E-state index contributed by atoms with van der Waals surface area (Å²) in [6.07, 6.45) is 4.37. The lowest BCUT2D eigenvalue weighted by Gasteiger charge is -2.12. The molecule has 0 saturated heterocycles. The van der Waals surface area contributed by atoms with Gasteiger partial charge in [0.25, 0.3) is 5.91 Å². The number of rotatable bonds is 5. The monoisotopic (exact) mass is 344 g/mol. The molecule has 2 unspecified atom stereocenters. The maximum atomic E-state index is 12.3. The number of carboxylic acids is 1. The number of hydrogen-bond donors (Lipinski definition) is 3. The summed E-state index contributed by atoms with van der Waals surface area (Å²) in [5, 5.41) is 14.9. The molecule has 6 nitrogen and oxygen atoms in total. The Hall–Kier alpha value is -2.37. The van der Waals surface area contributed by atoms with Gasteiger partial charge < -0.3 is 15.7 Å². The van der Waals surface area contributed by atoms with Crippen LogP contribution in [0, 0.1) is 17.3 Å². The average molecular weight is 344 g/mol. The van der Waals surface area contributed by atoms with Crippen molar-refractivity contribution in [3.63, 3.8) is 0 Å². The lowest BCUT2D eigenvalue weighted by molar-refractivity contribution is -0.140. The minimum absolute atomic E-state index is 0.0981. The van der Waals surface area contributed by atoms with Crippen LogP contribution in [0.2, 0.25) is 0 Å². The first-order valence-electron chi connectivity index (χ1n) is 8.75. The van der Waals surface area contributed by atoms with Gasteiger partial charge in [-0.05, 0) is 42.5 Å². The number of carbonyl (C=O) groups is 3. The number of nitrogens with one attached hydrogen (secondary N) is 2. The quantitative estimate of drug-likeness (QED) is 0.765. The zero-order chi connectivity index (χ0) is 18.2. The van der Waals surface area contributed by atoms with Crippen LogP contribution in [-0.4, -0.2) is 28.9 Å². The lowest BCUT2D eigenvalue weighted by atomic mass is 10.1. The second-order valence-electron chi connectivity index (χ2n) is 7.64. The third-order valence-electron chi connectivity index (χ3n) is 5.48. The summed E-state index contributed by atoms with van der Waals surface area (Å²) < 4.78 is 0. The Morgan fingerprint density at radius 3 is 2.16 bits per heavy atom. The predicted octanol–water partition coefficient (Wildman–Crippen LogP) is 2.65. The van der Waals surface area contributed by atoms with Crippen molar-refractivity contribution in [3.8, 4) is 0 Å². The van der Waals surface area contributed by atoms with E-state index in [9.17, 15) is 14.4 Å². The molecule has 0 spiro atoms. The largest absolute Gasteiger partial charge is 0.481 e. The molecule has 25 heavy (non-hydrogen) atoms. The second-order valence-corrected chi connectivity index (χ2v) is 7.64. The third kappa shape index (κ3) is 3.52. The molecule has 2 saturated carbocycles. The van der Waals surface area contributed by atoms with Crippen LogP contribution >= 0.6 is 0 Å². The normalized spacial score (nSPS) is 24.6. The minimum Gasteiger partial charge on any atom is -0.481 e. The maximum Gasteiger partial charge on any atom is 0.307 e. The standard InChI is InChI=1S/C19H24N2O4/c1-19(2)14(15(19)18(24)25)17(23)21-13-9-7-11(8-10-13)16(22)20-12-5-3-4-6-12/h7-10,12,14-15H,3-6H2,1-2H3,(H,20,22)(H,21,23)(H,24,25). The van der Waals surface area contributed by atoms with Crippen molar-refractivity contribution in [2.75, 3.05) is 5.32 Å². The molecular formula is C19H24N2O4. The molecule has 0 heterocycles. The van der Waals surface area contributed by atoms with E-state index in [1.54, 1.807) is 38.1 Å². The Morgan fingerprint density at radius 2 is 1.64 bits per heavy atom. The maximum absolute atomic E-state index is 12.3. The lowest BCUT2D eigenvalue weighted by Crippen LogP contribution is -2.32. The first-order chi connectivity index (χ1) is 11.8. The van der Waals surface area contributed by atoms with Gasteiger partial charge in [-0.25, -0.2) is 0 Å². The summed E-state index contributed by atoms with van der Waals surface area (Å²) in [5.74, 6) is -2.51. The van der Waals surface area contributed by atoms with Gasteiger partial charge in [-0.15, -0.1) is 0 Å². The molecule has 1 aromatic carbocycles. The molecule has 2 amide bonds. The fraction of sp³-hybridized carbons (Fsp3) is 0.526. The van der Waals surface area contributed by atoms with E-state index in [1.165, 1.54) is 0 Å². The molecule has 3 rings (SSSR count). The molecule has 3 N–H and O–H groups in total. The molecule has 0 radical (unpaired) electrons. The van der Waals surface area contributed by atoms with Gasteiger partial charge >= 0.3 is 5.97 Å². The Kier molecular flexibility index (Phi) is 4.54. The molecule has 134 valence electrons. The highest BCUT2D eigenvalue weighted by Gasteiger charge is 2.65. The van der Waals surface area contributed by atoms with Crippen LogP contribution in [0.4, 0.5) is 5.69 Å². The first-order valence-corrected chi connectivity index (χ1v) is 8.75. The van der Waals surface area contributed by atoms with Gasteiger partial charge in [0.2, 0.25) is 5.91 Å². The molecular weight excluding hydrogens is 320 g/mol. The number of amides is 2. The van der Waals surface area contributed by atoms with Crippen molar-refractivity contribution >= 4 is 23.5 Å². The number of anilines is 1. The zero-order valence-electron chi connectivity index (χ0n) is 14.5. The molecule has 2 atom stereocenters. The Labute approximate surface area is 147 Å². The van der Waals surface area contributed by atoms with Gasteiger partial charge in [0, 0.05) is 17.3 Å². The Morgan fingerprint density at radius 1 is 1.04 bits per heavy atom. The van der Waals surface area contributed by atoms with Crippen LogP contribution in [0.3, 0.4) is 0 Å². The predicted molar refractivity (Wildman–Crippen MR) is 93.2 cm³/mol. The van der Waals surface area contributed by atoms with Gasteiger partial charge in [-0.3, -0.25) is 14.4 Å². The van der Waals surface area contributed by atoms with E-state index in [0.29, 0.717) is 11.3 Å². The number of carboxylic acid groups (broad SMARTS) is 1. The molecule has 1 aromatic rings. The van der Waals surface area contributed by atoms with Gasteiger partial charge in [-0.1, -0.05) is 26.7 Å². The van der Waals surface area contributed by atoms with Crippen molar-refractivity contribution in [3.05, 3.63) is 29.8 Å². The van der Waals surface area contributed by atoms with Crippen LogP contribution < -0.4 is 10.6 Å². The molecule has 2 aliphatic rings. The molecule has 6 heteroatoms. The first kappa shape index (κ1) is 17.5. The van der Waals surface area contributed by atoms with Gasteiger partial charge in [-0.2, -0.15) is 0 Å². The number of aliphatic carboxylic acids is 1. The highest BCUT2D eigenvalue weighted by atomic mass is 16.4. The van der Waals surface area contributed by atoms with Crippen LogP contribution in [0.1, 0.15) is 49.9 Å². The molecule has 0 aromatic heterocycles. The van der Waals surface area contributed by atoms with Gasteiger partial charge in [0.15, 0.2) is 0 Å². The third-order valence-corrected chi connectivity index (χ3v) is 5.48. The average Bonchev–Trinajstić information content (AvgIpc) is 2.89. The van der Waals surface area contributed by atoms with E-state index < -0.39 is 23.2 Å². The SMILES string of the molecule is CC1(C)C(C(=O)O)C1C(=O)Nc1ccc(C(=O)NC2CCCC2)cc1. The second kappa shape index (κ2) is 6.50. The van der Waals surface area contributed by atoms with E-state index in [4.69, 9.17) is 5.11 Å². The van der Waals surface area contributed by atoms with E-state index in [-0.39, 0.29) is 17.9 Å². The number of benzene rings is 1. The Bertz CT molecular complexity index is 690. The topological polar surface area (TPSA) is 95.5 Å². The van der Waals surface area contributed by atoms with Crippen LogP contribution in [0.15, 0.2) is 24.3 Å². The van der Waals surface area contributed by atoms with Gasteiger partial charge in [0.05, 0.1) is 11.8 Å². The minimum atomic E-state index is -0.941. The van der Waals surface area contributed by atoms with E-state index >= 15 is 0 Å². The molecule has 0 aliphatic heterocycles. The fourth-order valence-electron chi connectivity index (χ4n) is 3.85. The van der Waals surface area contributed by atoms with Crippen molar-refractivity contribution in [1.29, 1.82) is 0 Å². The summed E-state index contributed by atoms with van der Waals surface area (Å²) in [6, 6.07) is 6.95. The fourth-order valence-corrected chi connectivity index (χ4v) is 3.85. The highest BCUT2D eigenvalue weighted by molar-refractivity contribution is 6.00. The Balaban J connectivity index is 1.58. The van der Waals surface area contributed by atoms with Crippen LogP contribution in [0.25, 0.3) is 0 Å². The van der Waals surface area contributed by atoms with E-state index in [1.807, 2.05) is 0 Å². The molecule has 0 bridgehead atoms. The highest BCUT2D eigenvalue weighted by Crippen LogP contribution is 2.58. The van der Waals surface area contributed by atoms with Crippen molar-refractivity contribution in [1.82, 2.24) is 5.32 Å². The van der Waals surface area contributed by atoms with Crippen molar-refractivity contribution < 1.29 is 19.5 Å².